The van der Waals surface area contributed by atoms with Crippen molar-refractivity contribution in [1.82, 2.24) is 10.6 Å². The molecule has 0 spiro atoms. The summed E-state index contributed by atoms with van der Waals surface area (Å²) in [5, 5.41) is 13.6. The largest absolute Gasteiger partial charge is 0.480 e. The highest BCUT2D eigenvalue weighted by Gasteiger charge is 2.20. The molecule has 0 saturated heterocycles. The summed E-state index contributed by atoms with van der Waals surface area (Å²) >= 11 is 0. The van der Waals surface area contributed by atoms with Gasteiger partial charge in [0.25, 0.3) is 0 Å². The van der Waals surface area contributed by atoms with E-state index in [-0.39, 0.29) is 0 Å². The number of hydrogen-bond acceptors (Lipinski definition) is 3. The van der Waals surface area contributed by atoms with E-state index in [0.717, 1.165) is 0 Å². The number of urea groups is 1. The van der Waals surface area contributed by atoms with Crippen molar-refractivity contribution in [3.05, 3.63) is 0 Å². The summed E-state index contributed by atoms with van der Waals surface area (Å²) in [5.41, 5.74) is -0.470. The number of hydrogen-bond donors (Lipinski definition) is 3. The predicted octanol–water partition coefficient (Wildman–Crippen LogP) is 0.574. The molecule has 0 aliphatic rings. The summed E-state index contributed by atoms with van der Waals surface area (Å²) < 4.78 is 5.11. The Kier molecular flexibility index (Phi) is 5.81. The topological polar surface area (TPSA) is 87.7 Å². The van der Waals surface area contributed by atoms with Gasteiger partial charge in [-0.2, -0.15) is 0 Å². The van der Waals surface area contributed by atoms with Crippen LogP contribution in [-0.2, 0) is 9.53 Å². The Bertz CT molecular complexity index is 253. The molecule has 6 heteroatoms. The number of amides is 2. The summed E-state index contributed by atoms with van der Waals surface area (Å²) in [6.07, 6.45) is 0.344. The number of carboxylic acids is 1. The minimum atomic E-state index is -1.04. The van der Waals surface area contributed by atoms with Gasteiger partial charge in [-0.1, -0.05) is 6.92 Å². The first-order chi connectivity index (χ1) is 7.32. The highest BCUT2D eigenvalue weighted by Crippen LogP contribution is 2.04. The molecule has 0 rings (SSSR count). The first-order valence-corrected chi connectivity index (χ1v) is 5.14. The van der Waals surface area contributed by atoms with E-state index in [4.69, 9.17) is 9.84 Å². The van der Waals surface area contributed by atoms with Crippen LogP contribution in [-0.4, -0.2) is 42.4 Å². The molecule has 1 atom stereocenters. The fraction of sp³-hybridized carbons (Fsp3) is 0.800. The maximum Gasteiger partial charge on any atom is 0.326 e. The van der Waals surface area contributed by atoms with Crippen LogP contribution in [0.1, 0.15) is 27.2 Å². The van der Waals surface area contributed by atoms with E-state index < -0.39 is 23.6 Å². The molecule has 0 aliphatic heterocycles. The molecule has 94 valence electrons. The number of carbonyl (C=O) groups excluding carboxylic acids is 1. The first kappa shape index (κ1) is 14.7. The molecular weight excluding hydrogens is 212 g/mol. The lowest BCUT2D eigenvalue weighted by Crippen LogP contribution is -2.49. The van der Waals surface area contributed by atoms with E-state index in [0.29, 0.717) is 13.0 Å². The quantitative estimate of drug-likeness (QED) is 0.625. The Labute approximate surface area is 95.4 Å². The Morgan fingerprint density at radius 1 is 1.44 bits per heavy atom. The van der Waals surface area contributed by atoms with Crippen molar-refractivity contribution >= 4 is 12.0 Å². The molecule has 0 saturated carbocycles. The van der Waals surface area contributed by atoms with Gasteiger partial charge in [-0.15, -0.1) is 0 Å². The molecule has 0 fully saturated rings. The summed E-state index contributed by atoms with van der Waals surface area (Å²) in [6, 6.07) is -1.36. The maximum absolute atomic E-state index is 11.3. The molecule has 2 amide bonds. The summed E-state index contributed by atoms with van der Waals surface area (Å²) in [7, 11) is 1.55. The van der Waals surface area contributed by atoms with E-state index in [1.165, 1.54) is 0 Å². The average Bonchev–Trinajstić information content (AvgIpc) is 2.22. The third-order valence-electron chi connectivity index (χ3n) is 2.24. The predicted molar refractivity (Wildman–Crippen MR) is 59.3 cm³/mol. The number of aliphatic carboxylic acids is 1. The van der Waals surface area contributed by atoms with Crippen LogP contribution >= 0.6 is 0 Å². The zero-order valence-corrected chi connectivity index (χ0v) is 10.2. The van der Waals surface area contributed by atoms with Gasteiger partial charge in [0.15, 0.2) is 0 Å². The third kappa shape index (κ3) is 5.55. The van der Waals surface area contributed by atoms with E-state index in [2.05, 4.69) is 10.6 Å². The van der Waals surface area contributed by atoms with Gasteiger partial charge in [-0.3, -0.25) is 0 Å². The molecule has 0 aromatic carbocycles. The Balaban J connectivity index is 4.04. The molecular formula is C10H20N2O4. The number of carbonyl (C=O) groups is 2. The normalized spacial score (nSPS) is 13.0. The zero-order valence-electron chi connectivity index (χ0n) is 10.2. The second kappa shape index (κ2) is 6.32. The number of ether oxygens (including phenoxy) is 1. The fourth-order valence-corrected chi connectivity index (χ4v) is 0.913. The van der Waals surface area contributed by atoms with Crippen molar-refractivity contribution in [3.8, 4) is 0 Å². The molecule has 16 heavy (non-hydrogen) atoms. The van der Waals surface area contributed by atoms with Crippen molar-refractivity contribution in [3.63, 3.8) is 0 Å². The van der Waals surface area contributed by atoms with Crippen molar-refractivity contribution in [2.75, 3.05) is 13.7 Å². The van der Waals surface area contributed by atoms with Gasteiger partial charge < -0.3 is 20.5 Å². The molecule has 0 unspecified atom stereocenters. The molecule has 0 heterocycles. The Morgan fingerprint density at radius 2 is 2.00 bits per heavy atom. The van der Waals surface area contributed by atoms with Crippen LogP contribution in [0.4, 0.5) is 4.79 Å². The third-order valence-corrected chi connectivity index (χ3v) is 2.24. The van der Waals surface area contributed by atoms with E-state index in [1.807, 2.05) is 13.8 Å². The van der Waals surface area contributed by atoms with Gasteiger partial charge in [0, 0.05) is 13.7 Å². The minimum absolute atomic E-state index is 0.311. The van der Waals surface area contributed by atoms with Crippen LogP contribution in [0.15, 0.2) is 0 Å². The lowest BCUT2D eigenvalue weighted by Gasteiger charge is -2.23. The second-order valence-electron chi connectivity index (χ2n) is 4.09. The van der Waals surface area contributed by atoms with Gasteiger partial charge in [-0.05, 0) is 20.3 Å². The smallest absolute Gasteiger partial charge is 0.326 e. The second-order valence-corrected chi connectivity index (χ2v) is 4.09. The van der Waals surface area contributed by atoms with Gasteiger partial charge >= 0.3 is 12.0 Å². The van der Waals surface area contributed by atoms with E-state index in [9.17, 15) is 9.59 Å². The van der Waals surface area contributed by atoms with Crippen molar-refractivity contribution in [2.45, 2.75) is 38.8 Å². The molecule has 0 radical (unpaired) electrons. The monoisotopic (exact) mass is 232 g/mol. The highest BCUT2D eigenvalue weighted by molar-refractivity contribution is 5.82. The molecule has 0 aromatic heterocycles. The average molecular weight is 232 g/mol. The van der Waals surface area contributed by atoms with Crippen LogP contribution in [0.2, 0.25) is 0 Å². The number of nitrogens with one attached hydrogen (secondary N) is 2. The molecule has 6 nitrogen and oxygen atoms in total. The van der Waals surface area contributed by atoms with Gasteiger partial charge in [0.1, 0.15) is 6.04 Å². The van der Waals surface area contributed by atoms with Crippen LogP contribution in [0.3, 0.4) is 0 Å². The van der Waals surface area contributed by atoms with Crippen LogP contribution < -0.4 is 10.6 Å². The van der Waals surface area contributed by atoms with Crippen LogP contribution in [0, 0.1) is 0 Å². The van der Waals surface area contributed by atoms with Gasteiger partial charge in [0.2, 0.25) is 0 Å². The standard InChI is InChI=1S/C10H20N2O4/c1-5-7(8(13)14)12-9(15)11-6-10(2,3)16-4/h7H,5-6H2,1-4H3,(H,13,14)(H2,11,12,15)/t7-/m1/s1. The summed E-state index contributed by atoms with van der Waals surface area (Å²) in [5.74, 6) is -1.04. The van der Waals surface area contributed by atoms with Crippen LogP contribution in [0.5, 0.6) is 0 Å². The highest BCUT2D eigenvalue weighted by atomic mass is 16.5. The van der Waals surface area contributed by atoms with Crippen molar-refractivity contribution < 1.29 is 19.4 Å². The van der Waals surface area contributed by atoms with Gasteiger partial charge in [-0.25, -0.2) is 9.59 Å². The molecule has 0 aliphatic carbocycles. The van der Waals surface area contributed by atoms with E-state index in [1.54, 1.807) is 14.0 Å². The summed E-state index contributed by atoms with van der Waals surface area (Å²) in [4.78, 5) is 22.0. The molecule has 0 bridgehead atoms. The molecule has 3 N–H and O–H groups in total. The lowest BCUT2D eigenvalue weighted by atomic mass is 10.1. The van der Waals surface area contributed by atoms with Gasteiger partial charge in [0.05, 0.1) is 5.60 Å². The number of carboxylic acid groups (broad SMARTS) is 1. The SMILES string of the molecule is CC[C@@H](NC(=O)NCC(C)(C)OC)C(=O)O. The van der Waals surface area contributed by atoms with Crippen LogP contribution in [0.25, 0.3) is 0 Å². The maximum atomic E-state index is 11.3. The van der Waals surface area contributed by atoms with Crippen molar-refractivity contribution in [2.24, 2.45) is 0 Å². The number of rotatable bonds is 6. The minimum Gasteiger partial charge on any atom is -0.480 e. The first-order valence-electron chi connectivity index (χ1n) is 5.14. The fourth-order valence-electron chi connectivity index (χ4n) is 0.913. The molecule has 0 aromatic rings. The van der Waals surface area contributed by atoms with E-state index >= 15 is 0 Å². The Hall–Kier alpha value is -1.30. The Morgan fingerprint density at radius 3 is 2.38 bits per heavy atom. The number of methoxy groups -OCH3 is 1. The van der Waals surface area contributed by atoms with Crippen molar-refractivity contribution in [1.29, 1.82) is 0 Å². The zero-order chi connectivity index (χ0) is 12.8. The summed E-state index contributed by atoms with van der Waals surface area (Å²) in [6.45, 7) is 5.65. The lowest BCUT2D eigenvalue weighted by molar-refractivity contribution is -0.139.